The fourth-order valence-electron chi connectivity index (χ4n) is 1.42. The number of rotatable bonds is 11. The number of hydrogen-bond donors (Lipinski definition) is 0. The molecule has 19 heavy (non-hydrogen) atoms. The van der Waals surface area contributed by atoms with Crippen molar-refractivity contribution in [2.24, 2.45) is 5.92 Å². The Balaban J connectivity index is 4.49. The molecule has 114 valence electrons. The van der Waals surface area contributed by atoms with E-state index >= 15 is 0 Å². The second-order valence-electron chi connectivity index (χ2n) is 4.04. The van der Waals surface area contributed by atoms with Gasteiger partial charge in [0.15, 0.2) is 0 Å². The van der Waals surface area contributed by atoms with Gasteiger partial charge in [0.05, 0.1) is 18.7 Å². The fourth-order valence-corrected chi connectivity index (χ4v) is 4.06. The molecule has 0 heterocycles. The Morgan fingerprint density at radius 2 is 1.89 bits per heavy atom. The number of carbonyl (C=O) groups excluding carboxylic acids is 1. The largest absolute Gasteiger partial charge is 0.466 e. The molecule has 0 aromatic heterocycles. The van der Waals surface area contributed by atoms with Gasteiger partial charge in [0.2, 0.25) is 0 Å². The Bertz CT molecular complexity index is 290. The van der Waals surface area contributed by atoms with Crippen molar-refractivity contribution in [1.82, 2.24) is 0 Å². The molecular weight excluding hydrogens is 287 g/mol. The quantitative estimate of drug-likeness (QED) is 0.332. The second-order valence-corrected chi connectivity index (χ2v) is 7.50. The zero-order chi connectivity index (χ0) is 14.7. The van der Waals surface area contributed by atoms with E-state index in [1.807, 2.05) is 0 Å². The van der Waals surface area contributed by atoms with Crippen LogP contribution in [0.5, 0.6) is 0 Å². The zero-order valence-electron chi connectivity index (χ0n) is 12.2. The van der Waals surface area contributed by atoms with Gasteiger partial charge in [0.25, 0.3) is 0 Å². The molecule has 0 aliphatic carbocycles. The standard InChI is InChI=1S/C12H25O5PS/c1-5-7-8-19-10-11(12(13)17-6-2)9-18(14,15-3)16-4/h11H,5-10H2,1-4H3. The van der Waals surface area contributed by atoms with Crippen LogP contribution in [0.2, 0.25) is 0 Å². The van der Waals surface area contributed by atoms with Gasteiger partial charge >= 0.3 is 13.6 Å². The third-order valence-corrected chi connectivity index (χ3v) is 5.80. The van der Waals surface area contributed by atoms with Gasteiger partial charge in [-0.2, -0.15) is 11.8 Å². The first-order valence-corrected chi connectivity index (χ1v) is 9.36. The van der Waals surface area contributed by atoms with Gasteiger partial charge in [0, 0.05) is 20.0 Å². The molecule has 7 heteroatoms. The molecule has 0 rings (SSSR count). The maximum atomic E-state index is 12.1. The summed E-state index contributed by atoms with van der Waals surface area (Å²) in [5, 5.41) is 0. The lowest BCUT2D eigenvalue weighted by atomic mass is 10.2. The van der Waals surface area contributed by atoms with E-state index in [2.05, 4.69) is 6.92 Å². The van der Waals surface area contributed by atoms with E-state index in [0.717, 1.165) is 18.6 Å². The molecule has 0 spiro atoms. The summed E-state index contributed by atoms with van der Waals surface area (Å²) < 4.78 is 26.9. The van der Waals surface area contributed by atoms with E-state index in [-0.39, 0.29) is 12.1 Å². The highest BCUT2D eigenvalue weighted by molar-refractivity contribution is 7.99. The molecule has 0 amide bonds. The lowest BCUT2D eigenvalue weighted by Crippen LogP contribution is -2.24. The van der Waals surface area contributed by atoms with E-state index in [9.17, 15) is 9.36 Å². The highest BCUT2D eigenvalue weighted by atomic mass is 32.2. The first kappa shape index (κ1) is 19.0. The van der Waals surface area contributed by atoms with Gasteiger partial charge in [-0.05, 0) is 19.1 Å². The fraction of sp³-hybridized carbons (Fsp3) is 0.917. The van der Waals surface area contributed by atoms with Gasteiger partial charge in [0.1, 0.15) is 0 Å². The Hall–Kier alpha value is -0.0300. The molecule has 1 unspecified atom stereocenters. The van der Waals surface area contributed by atoms with Crippen LogP contribution in [0.1, 0.15) is 26.7 Å². The summed E-state index contributed by atoms with van der Waals surface area (Å²) in [4.78, 5) is 11.8. The minimum Gasteiger partial charge on any atom is -0.466 e. The number of esters is 1. The van der Waals surface area contributed by atoms with Crippen LogP contribution < -0.4 is 0 Å². The molecule has 0 saturated heterocycles. The summed E-state index contributed by atoms with van der Waals surface area (Å²) in [6, 6.07) is 0. The molecule has 5 nitrogen and oxygen atoms in total. The van der Waals surface area contributed by atoms with Crippen LogP contribution in [0, 0.1) is 5.92 Å². The maximum absolute atomic E-state index is 12.1. The van der Waals surface area contributed by atoms with Crippen LogP contribution in [0.15, 0.2) is 0 Å². The second kappa shape index (κ2) is 10.7. The lowest BCUT2D eigenvalue weighted by molar-refractivity contribution is -0.146. The molecule has 0 bridgehead atoms. The lowest BCUT2D eigenvalue weighted by Gasteiger charge is -2.20. The molecule has 1 atom stereocenters. The minimum atomic E-state index is -3.18. The Labute approximate surface area is 120 Å². The van der Waals surface area contributed by atoms with Crippen molar-refractivity contribution in [2.45, 2.75) is 26.7 Å². The van der Waals surface area contributed by atoms with Crippen molar-refractivity contribution < 1.29 is 23.1 Å². The molecule has 0 aromatic rings. The van der Waals surface area contributed by atoms with Crippen molar-refractivity contribution in [3.8, 4) is 0 Å². The van der Waals surface area contributed by atoms with Crippen LogP contribution in [-0.2, 0) is 23.1 Å². The highest BCUT2D eigenvalue weighted by Crippen LogP contribution is 2.48. The van der Waals surface area contributed by atoms with Crippen LogP contribution >= 0.6 is 19.4 Å². The smallest absolute Gasteiger partial charge is 0.331 e. The summed E-state index contributed by atoms with van der Waals surface area (Å²) >= 11 is 1.67. The Morgan fingerprint density at radius 1 is 1.26 bits per heavy atom. The Kier molecular flexibility index (Phi) is 10.7. The molecule has 0 saturated carbocycles. The van der Waals surface area contributed by atoms with Crippen molar-refractivity contribution in [2.75, 3.05) is 38.5 Å². The molecule has 0 fully saturated rings. The summed E-state index contributed by atoms with van der Waals surface area (Å²) in [7, 11) is -0.524. The predicted molar refractivity (Wildman–Crippen MR) is 78.8 cm³/mol. The van der Waals surface area contributed by atoms with Crippen LogP contribution in [-0.4, -0.2) is 44.5 Å². The van der Waals surface area contributed by atoms with Crippen LogP contribution in [0.25, 0.3) is 0 Å². The third kappa shape index (κ3) is 7.98. The van der Waals surface area contributed by atoms with E-state index in [1.165, 1.54) is 14.2 Å². The van der Waals surface area contributed by atoms with Crippen LogP contribution in [0.3, 0.4) is 0 Å². The molecular formula is C12H25O5PS. The first-order chi connectivity index (χ1) is 9.02. The molecule has 0 radical (unpaired) electrons. The van der Waals surface area contributed by atoms with Gasteiger partial charge in [-0.15, -0.1) is 0 Å². The molecule has 0 N–H and O–H groups in total. The van der Waals surface area contributed by atoms with Crippen molar-refractivity contribution in [3.05, 3.63) is 0 Å². The van der Waals surface area contributed by atoms with Crippen molar-refractivity contribution in [1.29, 1.82) is 0 Å². The topological polar surface area (TPSA) is 61.8 Å². The van der Waals surface area contributed by atoms with Gasteiger partial charge in [-0.3, -0.25) is 9.36 Å². The number of ether oxygens (including phenoxy) is 1. The summed E-state index contributed by atoms with van der Waals surface area (Å²) in [5.74, 6) is 0.778. The number of carbonyl (C=O) groups is 1. The summed E-state index contributed by atoms with van der Waals surface area (Å²) in [6.07, 6.45) is 2.29. The summed E-state index contributed by atoms with van der Waals surface area (Å²) in [6.45, 7) is 4.19. The Morgan fingerprint density at radius 3 is 2.37 bits per heavy atom. The number of unbranched alkanes of at least 4 members (excludes halogenated alkanes) is 1. The highest BCUT2D eigenvalue weighted by Gasteiger charge is 2.31. The first-order valence-electron chi connectivity index (χ1n) is 6.47. The van der Waals surface area contributed by atoms with Crippen molar-refractivity contribution >= 4 is 25.3 Å². The minimum absolute atomic E-state index is 0.0674. The SMILES string of the molecule is CCCCSCC(CP(=O)(OC)OC)C(=O)OCC. The maximum Gasteiger partial charge on any atom is 0.331 e. The van der Waals surface area contributed by atoms with Gasteiger partial charge in [-0.25, -0.2) is 0 Å². The predicted octanol–water partition coefficient (Wildman–Crippen LogP) is 3.18. The number of hydrogen-bond acceptors (Lipinski definition) is 6. The van der Waals surface area contributed by atoms with E-state index in [1.54, 1.807) is 18.7 Å². The molecule has 0 aliphatic heterocycles. The van der Waals surface area contributed by atoms with Gasteiger partial charge < -0.3 is 13.8 Å². The van der Waals surface area contributed by atoms with Gasteiger partial charge in [-0.1, -0.05) is 13.3 Å². The normalized spacial score (nSPS) is 13.3. The molecule has 0 aliphatic rings. The van der Waals surface area contributed by atoms with E-state index in [0.29, 0.717) is 12.4 Å². The molecule has 0 aromatic carbocycles. The third-order valence-electron chi connectivity index (χ3n) is 2.58. The van der Waals surface area contributed by atoms with Crippen molar-refractivity contribution in [3.63, 3.8) is 0 Å². The average molecular weight is 312 g/mol. The number of thioether (sulfide) groups is 1. The zero-order valence-corrected chi connectivity index (χ0v) is 13.9. The monoisotopic (exact) mass is 312 g/mol. The average Bonchev–Trinajstić information content (AvgIpc) is 2.42. The van der Waals surface area contributed by atoms with Crippen LogP contribution in [0.4, 0.5) is 0 Å². The van der Waals surface area contributed by atoms with E-state index in [4.69, 9.17) is 13.8 Å². The summed E-state index contributed by atoms with van der Waals surface area (Å²) in [5.41, 5.74) is 0. The van der Waals surface area contributed by atoms with E-state index < -0.39 is 13.5 Å².